The number of benzene rings is 3. The maximum atomic E-state index is 13.2. The molecule has 160 valence electrons. The number of rotatable bonds is 7. The topological polar surface area (TPSA) is 38.8 Å². The van der Waals surface area contributed by atoms with Crippen LogP contribution in [0.3, 0.4) is 0 Å². The van der Waals surface area contributed by atoms with E-state index in [0.717, 1.165) is 35.4 Å². The molecule has 5 heteroatoms. The summed E-state index contributed by atoms with van der Waals surface area (Å²) in [4.78, 5) is 15.2. The first-order valence-electron chi connectivity index (χ1n) is 10.6. The normalized spacial score (nSPS) is 15.7. The van der Waals surface area contributed by atoms with Crippen LogP contribution in [0.1, 0.15) is 39.3 Å². The second-order valence-corrected chi connectivity index (χ2v) is 8.64. The molecule has 0 aliphatic carbocycles. The van der Waals surface area contributed by atoms with Crippen molar-refractivity contribution in [2.45, 2.75) is 25.3 Å². The maximum Gasteiger partial charge on any atom is 0.255 e. The average Bonchev–Trinajstić information content (AvgIpc) is 3.33. The van der Waals surface area contributed by atoms with Crippen molar-refractivity contribution >= 4 is 17.7 Å². The predicted molar refractivity (Wildman–Crippen MR) is 126 cm³/mol. The summed E-state index contributed by atoms with van der Waals surface area (Å²) in [5, 5.41) is -0.0386. The largest absolute Gasteiger partial charge is 0.493 e. The molecule has 1 heterocycles. The molecule has 1 aliphatic heterocycles. The van der Waals surface area contributed by atoms with Crippen LogP contribution in [-0.2, 0) is 13.0 Å². The minimum absolute atomic E-state index is 0.0386. The van der Waals surface area contributed by atoms with Crippen LogP contribution in [-0.4, -0.2) is 30.2 Å². The molecule has 0 aromatic heterocycles. The SMILES string of the molecule is CCc1ccc(C(=O)N2CCSC2c2ccc(OC)c(OCc3ccccc3)c2)cc1. The van der Waals surface area contributed by atoms with Crippen LogP contribution >= 0.6 is 11.8 Å². The van der Waals surface area contributed by atoms with Crippen LogP contribution in [0.2, 0.25) is 0 Å². The zero-order valence-electron chi connectivity index (χ0n) is 17.9. The number of hydrogen-bond donors (Lipinski definition) is 0. The fourth-order valence-electron chi connectivity index (χ4n) is 3.70. The van der Waals surface area contributed by atoms with Gasteiger partial charge < -0.3 is 14.4 Å². The lowest BCUT2D eigenvalue weighted by Gasteiger charge is -2.25. The molecular formula is C26H27NO3S. The van der Waals surface area contributed by atoms with Crippen LogP contribution in [0.15, 0.2) is 72.8 Å². The molecular weight excluding hydrogens is 406 g/mol. The molecule has 1 aliphatic rings. The minimum atomic E-state index is -0.0386. The van der Waals surface area contributed by atoms with Crippen molar-refractivity contribution in [2.75, 3.05) is 19.4 Å². The van der Waals surface area contributed by atoms with Crippen LogP contribution in [0.4, 0.5) is 0 Å². The molecule has 3 aromatic rings. The van der Waals surface area contributed by atoms with E-state index in [-0.39, 0.29) is 11.3 Å². The fraction of sp³-hybridized carbons (Fsp3) is 0.269. The number of amides is 1. The Kier molecular flexibility index (Phi) is 6.82. The van der Waals surface area contributed by atoms with E-state index < -0.39 is 0 Å². The lowest BCUT2D eigenvalue weighted by Crippen LogP contribution is -2.30. The number of nitrogens with zero attached hydrogens (tertiary/aromatic N) is 1. The molecule has 0 saturated carbocycles. The van der Waals surface area contributed by atoms with E-state index in [9.17, 15) is 4.79 Å². The molecule has 1 fully saturated rings. The van der Waals surface area contributed by atoms with Crippen molar-refractivity contribution in [3.8, 4) is 11.5 Å². The van der Waals surface area contributed by atoms with Crippen molar-refractivity contribution in [1.29, 1.82) is 0 Å². The molecule has 4 nitrogen and oxygen atoms in total. The van der Waals surface area contributed by atoms with E-state index in [2.05, 4.69) is 6.92 Å². The highest BCUT2D eigenvalue weighted by atomic mass is 32.2. The van der Waals surface area contributed by atoms with Crippen LogP contribution in [0, 0.1) is 0 Å². The highest BCUT2D eigenvalue weighted by molar-refractivity contribution is 7.99. The van der Waals surface area contributed by atoms with Gasteiger partial charge in [-0.2, -0.15) is 0 Å². The summed E-state index contributed by atoms with van der Waals surface area (Å²) in [5.41, 5.74) is 4.11. The lowest BCUT2D eigenvalue weighted by atomic mass is 10.1. The zero-order chi connectivity index (χ0) is 21.6. The monoisotopic (exact) mass is 433 g/mol. The number of hydrogen-bond acceptors (Lipinski definition) is 4. The van der Waals surface area contributed by atoms with Crippen molar-refractivity contribution in [2.24, 2.45) is 0 Å². The molecule has 0 spiro atoms. The molecule has 3 aromatic carbocycles. The van der Waals surface area contributed by atoms with Crippen LogP contribution < -0.4 is 9.47 Å². The molecule has 1 amide bonds. The second-order valence-electron chi connectivity index (χ2n) is 7.46. The summed E-state index contributed by atoms with van der Waals surface area (Å²) in [5.74, 6) is 2.36. The predicted octanol–water partition coefficient (Wildman–Crippen LogP) is 5.72. The number of thioether (sulfide) groups is 1. The van der Waals surface area contributed by atoms with Gasteiger partial charge in [0.15, 0.2) is 11.5 Å². The van der Waals surface area contributed by atoms with Crippen molar-refractivity contribution in [3.63, 3.8) is 0 Å². The van der Waals surface area contributed by atoms with E-state index in [1.807, 2.05) is 77.7 Å². The van der Waals surface area contributed by atoms with Gasteiger partial charge in [0, 0.05) is 17.9 Å². The second kappa shape index (κ2) is 9.92. The molecule has 1 saturated heterocycles. The standard InChI is InChI=1S/C26H27NO3S/c1-3-19-9-11-21(12-10-19)25(28)27-15-16-31-26(27)22-13-14-23(29-2)24(17-22)30-18-20-7-5-4-6-8-20/h4-14,17,26H,3,15-16,18H2,1-2H3. The number of aryl methyl sites for hydroxylation is 1. The van der Waals surface area contributed by atoms with Gasteiger partial charge in [-0.25, -0.2) is 0 Å². The number of carbonyl (C=O) groups is 1. The summed E-state index contributed by atoms with van der Waals surface area (Å²) in [6, 6.07) is 24.0. The Labute approximate surface area is 188 Å². The minimum Gasteiger partial charge on any atom is -0.493 e. The first-order valence-corrected chi connectivity index (χ1v) is 11.6. The quantitative estimate of drug-likeness (QED) is 0.477. The van der Waals surface area contributed by atoms with Gasteiger partial charge >= 0.3 is 0 Å². The first kappa shape index (κ1) is 21.3. The van der Waals surface area contributed by atoms with Crippen molar-refractivity contribution in [1.82, 2.24) is 4.90 Å². The highest BCUT2D eigenvalue weighted by Crippen LogP contribution is 2.41. The number of carbonyl (C=O) groups excluding carboxylic acids is 1. The van der Waals surface area contributed by atoms with Gasteiger partial charge in [-0.15, -0.1) is 11.8 Å². The highest BCUT2D eigenvalue weighted by Gasteiger charge is 2.32. The molecule has 1 atom stereocenters. The van der Waals surface area contributed by atoms with Gasteiger partial charge in [-0.3, -0.25) is 4.79 Å². The first-order chi connectivity index (χ1) is 15.2. The Morgan fingerprint density at radius 1 is 1.00 bits per heavy atom. The summed E-state index contributed by atoms with van der Waals surface area (Å²) in [7, 11) is 1.64. The molecule has 0 radical (unpaired) electrons. The Morgan fingerprint density at radius 2 is 1.77 bits per heavy atom. The molecule has 1 unspecified atom stereocenters. The molecule has 0 bridgehead atoms. The smallest absolute Gasteiger partial charge is 0.255 e. The number of ether oxygens (including phenoxy) is 2. The van der Waals surface area contributed by atoms with Crippen LogP contribution in [0.5, 0.6) is 11.5 Å². The van der Waals surface area contributed by atoms with E-state index >= 15 is 0 Å². The maximum absolute atomic E-state index is 13.2. The van der Waals surface area contributed by atoms with Gasteiger partial charge in [0.05, 0.1) is 7.11 Å². The Hall–Kier alpha value is -2.92. The summed E-state index contributed by atoms with van der Waals surface area (Å²) in [6.07, 6.45) is 0.967. The Balaban J connectivity index is 1.54. The molecule has 0 N–H and O–H groups in total. The fourth-order valence-corrected chi connectivity index (χ4v) is 4.94. The van der Waals surface area contributed by atoms with Gasteiger partial charge in [-0.05, 0) is 47.4 Å². The Morgan fingerprint density at radius 3 is 2.48 bits per heavy atom. The molecule has 4 rings (SSSR count). The lowest BCUT2D eigenvalue weighted by molar-refractivity contribution is 0.0760. The Bertz CT molecular complexity index is 1020. The van der Waals surface area contributed by atoms with Gasteiger partial charge in [0.1, 0.15) is 12.0 Å². The average molecular weight is 434 g/mol. The van der Waals surface area contributed by atoms with E-state index in [4.69, 9.17) is 9.47 Å². The number of methoxy groups -OCH3 is 1. The van der Waals surface area contributed by atoms with Crippen molar-refractivity contribution in [3.05, 3.63) is 95.1 Å². The van der Waals surface area contributed by atoms with Gasteiger partial charge in [-0.1, -0.05) is 55.5 Å². The summed E-state index contributed by atoms with van der Waals surface area (Å²) >= 11 is 1.78. The molecule has 31 heavy (non-hydrogen) atoms. The summed E-state index contributed by atoms with van der Waals surface area (Å²) < 4.78 is 11.6. The van der Waals surface area contributed by atoms with Gasteiger partial charge in [0.25, 0.3) is 5.91 Å². The third-order valence-corrected chi connectivity index (χ3v) is 6.73. The van der Waals surface area contributed by atoms with E-state index in [0.29, 0.717) is 18.1 Å². The third kappa shape index (κ3) is 4.88. The third-order valence-electron chi connectivity index (χ3n) is 5.47. The van der Waals surface area contributed by atoms with E-state index in [1.54, 1.807) is 18.9 Å². The van der Waals surface area contributed by atoms with E-state index in [1.165, 1.54) is 5.56 Å². The zero-order valence-corrected chi connectivity index (χ0v) is 18.7. The summed E-state index contributed by atoms with van der Waals surface area (Å²) in [6.45, 7) is 3.31. The van der Waals surface area contributed by atoms with Gasteiger partial charge in [0.2, 0.25) is 0 Å². The van der Waals surface area contributed by atoms with Crippen LogP contribution in [0.25, 0.3) is 0 Å². The van der Waals surface area contributed by atoms with Crippen molar-refractivity contribution < 1.29 is 14.3 Å².